The van der Waals surface area contributed by atoms with Gasteiger partial charge in [0.05, 0.1) is 5.92 Å². The lowest BCUT2D eigenvalue weighted by atomic mass is 9.61. The molecule has 0 aromatic carbocycles. The summed E-state index contributed by atoms with van der Waals surface area (Å²) in [7, 11) is 1.91. The van der Waals surface area contributed by atoms with Crippen molar-refractivity contribution in [3.8, 4) is 0 Å². The number of rotatable bonds is 0. The number of carbonyl (C=O) groups excluding carboxylic acids is 1. The summed E-state index contributed by atoms with van der Waals surface area (Å²) >= 11 is 0. The Morgan fingerprint density at radius 2 is 2.00 bits per heavy atom. The van der Waals surface area contributed by atoms with E-state index in [-0.39, 0.29) is 23.7 Å². The Balaban J connectivity index is 1.90. The molecule has 1 saturated carbocycles. The minimum Gasteiger partial charge on any atom is -0.384 e. The second kappa shape index (κ2) is 3.57. The Labute approximate surface area is 119 Å². The van der Waals surface area contributed by atoms with Gasteiger partial charge in [-0.3, -0.25) is 14.2 Å². The van der Waals surface area contributed by atoms with Crippen LogP contribution < -0.4 is 0 Å². The maximum Gasteiger partial charge on any atom is 0.285 e. The van der Waals surface area contributed by atoms with E-state index in [1.807, 2.05) is 11.9 Å². The van der Waals surface area contributed by atoms with Crippen molar-refractivity contribution in [1.82, 2.24) is 4.90 Å². The second-order valence-electron chi connectivity index (χ2n) is 7.58. The van der Waals surface area contributed by atoms with Gasteiger partial charge >= 0.3 is 0 Å². The topological polar surface area (TPSA) is 60.8 Å². The van der Waals surface area contributed by atoms with E-state index in [1.54, 1.807) is 0 Å². The zero-order chi connectivity index (χ0) is 14.4. The van der Waals surface area contributed by atoms with Crippen LogP contribution >= 0.6 is 0 Å². The minimum absolute atomic E-state index is 0.129. The number of aliphatic hydroxyl groups is 2. The largest absolute Gasteiger partial charge is 0.384 e. The van der Waals surface area contributed by atoms with Gasteiger partial charge < -0.3 is 10.2 Å². The molecule has 20 heavy (non-hydrogen) atoms. The highest BCUT2D eigenvalue weighted by Crippen LogP contribution is 2.67. The summed E-state index contributed by atoms with van der Waals surface area (Å²) < 4.78 is 0.429. The third-order valence-electron chi connectivity index (χ3n) is 7.10. The molecule has 3 saturated heterocycles. The number of hydrogen-bond donors (Lipinski definition) is 2. The average Bonchev–Trinajstić information content (AvgIpc) is 2.76. The Morgan fingerprint density at radius 3 is 2.70 bits per heavy atom. The molecule has 112 valence electrons. The van der Waals surface area contributed by atoms with Crippen LogP contribution in [0.3, 0.4) is 0 Å². The summed E-state index contributed by atoms with van der Waals surface area (Å²) in [6, 6.07) is 0.0371. The Bertz CT molecular complexity index is 484. The van der Waals surface area contributed by atoms with Crippen molar-refractivity contribution in [2.45, 2.75) is 69.6 Å². The Morgan fingerprint density at radius 1 is 1.30 bits per heavy atom. The smallest absolute Gasteiger partial charge is 0.285 e. The van der Waals surface area contributed by atoms with Gasteiger partial charge in [0.25, 0.3) is 5.91 Å². The first-order chi connectivity index (χ1) is 9.39. The zero-order valence-electron chi connectivity index (χ0n) is 12.5. The molecule has 4 fully saturated rings. The molecule has 0 aromatic heterocycles. The van der Waals surface area contributed by atoms with Crippen molar-refractivity contribution in [1.29, 1.82) is 0 Å². The van der Waals surface area contributed by atoms with Gasteiger partial charge in [0.1, 0.15) is 12.1 Å². The van der Waals surface area contributed by atoms with E-state index < -0.39 is 12.3 Å². The second-order valence-corrected chi connectivity index (χ2v) is 7.58. The predicted octanol–water partition coefficient (Wildman–Crippen LogP) is 0.261. The van der Waals surface area contributed by atoms with Crippen molar-refractivity contribution in [2.24, 2.45) is 11.8 Å². The normalized spacial score (nSPS) is 60.9. The van der Waals surface area contributed by atoms with E-state index in [0.717, 1.165) is 12.8 Å². The first-order valence-electron chi connectivity index (χ1n) is 7.91. The van der Waals surface area contributed by atoms with Gasteiger partial charge in [-0.05, 0) is 25.7 Å². The van der Waals surface area contributed by atoms with E-state index in [1.165, 1.54) is 6.42 Å². The van der Waals surface area contributed by atoms with Crippen LogP contribution in [-0.2, 0) is 4.79 Å². The van der Waals surface area contributed by atoms with E-state index in [0.29, 0.717) is 22.7 Å². The molecule has 1 aliphatic carbocycles. The van der Waals surface area contributed by atoms with Crippen LogP contribution in [0, 0.1) is 11.8 Å². The van der Waals surface area contributed by atoms with Crippen molar-refractivity contribution < 1.29 is 19.5 Å². The van der Waals surface area contributed by atoms with E-state index >= 15 is 0 Å². The molecule has 8 unspecified atom stereocenters. The summed E-state index contributed by atoms with van der Waals surface area (Å²) in [4.78, 5) is 14.7. The van der Waals surface area contributed by atoms with Crippen LogP contribution in [0.1, 0.15) is 39.5 Å². The molecule has 5 nitrogen and oxygen atoms in total. The first kappa shape index (κ1) is 13.0. The number of carbonyl (C=O) groups is 1. The van der Waals surface area contributed by atoms with Crippen molar-refractivity contribution in [3.63, 3.8) is 0 Å². The van der Waals surface area contributed by atoms with Crippen molar-refractivity contribution in [2.75, 3.05) is 7.05 Å². The van der Waals surface area contributed by atoms with E-state index in [9.17, 15) is 15.0 Å². The van der Waals surface area contributed by atoms with Gasteiger partial charge in [0.2, 0.25) is 6.23 Å². The number of aliphatic hydroxyl groups excluding tert-OH is 2. The molecule has 1 amide bonds. The summed E-state index contributed by atoms with van der Waals surface area (Å²) in [6.45, 7) is 4.41. The van der Waals surface area contributed by atoms with Gasteiger partial charge in [0.15, 0.2) is 11.7 Å². The summed E-state index contributed by atoms with van der Waals surface area (Å²) in [5, 5.41) is 20.9. The molecule has 4 aliphatic rings. The maximum atomic E-state index is 12.7. The SMILES string of the molecule is CC1CCC2C(C)[N+]34C(CC(O)C3O)C(=O)N(C)C24C1. The number of quaternary nitrogens is 1. The van der Waals surface area contributed by atoms with Gasteiger partial charge in [-0.1, -0.05) is 6.92 Å². The van der Waals surface area contributed by atoms with Crippen LogP contribution in [0.4, 0.5) is 0 Å². The molecule has 4 rings (SSSR count). The third-order valence-corrected chi connectivity index (χ3v) is 7.10. The van der Waals surface area contributed by atoms with Crippen LogP contribution in [0.25, 0.3) is 0 Å². The zero-order valence-corrected chi connectivity index (χ0v) is 12.5. The van der Waals surface area contributed by atoms with Crippen LogP contribution in [0.2, 0.25) is 0 Å². The lowest BCUT2D eigenvalue weighted by Crippen LogP contribution is -2.88. The van der Waals surface area contributed by atoms with Gasteiger partial charge in [-0.25, -0.2) is 0 Å². The fourth-order valence-corrected chi connectivity index (χ4v) is 6.46. The number of likely N-dealkylation sites (N-methyl/N-ethyl adjacent to an activating group) is 1. The summed E-state index contributed by atoms with van der Waals surface area (Å²) in [6.07, 6.45) is 2.17. The molecule has 0 radical (unpaired) electrons. The van der Waals surface area contributed by atoms with Crippen LogP contribution in [0.15, 0.2) is 0 Å². The molecule has 3 aliphatic heterocycles. The molecule has 2 spiro atoms. The average molecular weight is 281 g/mol. The molecule has 2 N–H and O–H groups in total. The Kier molecular flexibility index (Phi) is 2.33. The van der Waals surface area contributed by atoms with Gasteiger partial charge in [-0.2, -0.15) is 0 Å². The molecule has 8 atom stereocenters. The molecular weight excluding hydrogens is 256 g/mol. The van der Waals surface area contributed by atoms with E-state index in [4.69, 9.17) is 0 Å². The predicted molar refractivity (Wildman–Crippen MR) is 72.1 cm³/mol. The van der Waals surface area contributed by atoms with Gasteiger partial charge in [0, 0.05) is 19.9 Å². The summed E-state index contributed by atoms with van der Waals surface area (Å²) in [5.74, 6) is 1.18. The number of amides is 1. The highest BCUT2D eigenvalue weighted by molar-refractivity contribution is 5.84. The fraction of sp³-hybridized carbons (Fsp3) is 0.933. The van der Waals surface area contributed by atoms with Crippen molar-refractivity contribution in [3.05, 3.63) is 0 Å². The fourth-order valence-electron chi connectivity index (χ4n) is 6.46. The lowest BCUT2D eigenvalue weighted by molar-refractivity contribution is -1.09. The first-order valence-corrected chi connectivity index (χ1v) is 7.91. The third kappa shape index (κ3) is 0.993. The van der Waals surface area contributed by atoms with Crippen molar-refractivity contribution >= 4 is 5.91 Å². The number of hydrogen-bond acceptors (Lipinski definition) is 3. The van der Waals surface area contributed by atoms with E-state index in [2.05, 4.69) is 13.8 Å². The molecule has 5 heteroatoms. The lowest BCUT2D eigenvalue weighted by Gasteiger charge is -2.70. The number of nitrogens with zero attached hydrogens (tertiary/aromatic N) is 2. The van der Waals surface area contributed by atoms with Crippen LogP contribution in [0.5, 0.6) is 0 Å². The summed E-state index contributed by atoms with van der Waals surface area (Å²) in [5.41, 5.74) is -0.254. The molecule has 0 aromatic rings. The Hall–Kier alpha value is -0.650. The quantitative estimate of drug-likeness (QED) is 0.626. The minimum atomic E-state index is -0.801. The van der Waals surface area contributed by atoms with Crippen LogP contribution in [-0.4, -0.2) is 62.6 Å². The molecule has 0 bridgehead atoms. The standard InChI is InChI=1S/C15H25N2O3/c1-8-4-5-10-9(2)17-11(6-12(18)14(17)20)13(19)16(3)15(10,17)7-8/h8-12,14,18,20H,4-7H2,1-3H3/q+1. The monoisotopic (exact) mass is 281 g/mol. The highest BCUT2D eigenvalue weighted by Gasteiger charge is 2.87. The highest BCUT2D eigenvalue weighted by atomic mass is 16.4. The molecule has 3 heterocycles. The van der Waals surface area contributed by atoms with Gasteiger partial charge in [-0.15, -0.1) is 0 Å². The molecular formula is C15H25N2O3+. The maximum absolute atomic E-state index is 12.7.